The molecule has 0 radical (unpaired) electrons. The van der Waals surface area contributed by atoms with Crippen molar-refractivity contribution in [2.45, 2.75) is 58.9 Å². The summed E-state index contributed by atoms with van der Waals surface area (Å²) >= 11 is 0. The topological polar surface area (TPSA) is 49.9 Å². The average Bonchev–Trinajstić information content (AvgIpc) is 2.47. The van der Waals surface area contributed by atoms with Crippen LogP contribution in [0.25, 0.3) is 0 Å². The number of esters is 1. The first-order valence-electron chi connectivity index (χ1n) is 8.29. The van der Waals surface area contributed by atoms with Crippen molar-refractivity contribution < 1.29 is 14.3 Å². The normalized spacial score (nSPS) is 18.9. The summed E-state index contributed by atoms with van der Waals surface area (Å²) < 4.78 is 4.98. The number of rotatable bonds is 8. The van der Waals surface area contributed by atoms with E-state index in [1.807, 2.05) is 9.80 Å². The smallest absolute Gasteiger partial charge is 0.320 e. The third-order valence-electron chi connectivity index (χ3n) is 3.98. The van der Waals surface area contributed by atoms with E-state index in [2.05, 4.69) is 13.8 Å². The zero-order chi connectivity index (χ0) is 15.7. The van der Waals surface area contributed by atoms with Gasteiger partial charge in [-0.25, -0.2) is 0 Å². The van der Waals surface area contributed by atoms with Gasteiger partial charge < -0.3 is 9.64 Å². The second-order valence-corrected chi connectivity index (χ2v) is 5.66. The van der Waals surface area contributed by atoms with Crippen LogP contribution in [0.1, 0.15) is 52.9 Å². The molecule has 0 aromatic carbocycles. The summed E-state index contributed by atoms with van der Waals surface area (Å²) in [5, 5.41) is 0. The maximum atomic E-state index is 12.5. The molecule has 122 valence electrons. The predicted molar refractivity (Wildman–Crippen MR) is 83.0 cm³/mol. The van der Waals surface area contributed by atoms with E-state index in [4.69, 9.17) is 4.74 Å². The second kappa shape index (κ2) is 9.77. The van der Waals surface area contributed by atoms with Gasteiger partial charge >= 0.3 is 5.97 Å². The van der Waals surface area contributed by atoms with E-state index in [-0.39, 0.29) is 18.4 Å². The third kappa shape index (κ3) is 6.04. The molecular formula is C16H30N2O3. The number of hydrogen-bond donors (Lipinski definition) is 0. The molecule has 0 aromatic rings. The Morgan fingerprint density at radius 3 is 2.57 bits per heavy atom. The fourth-order valence-electron chi connectivity index (χ4n) is 2.95. The van der Waals surface area contributed by atoms with Crippen LogP contribution in [0.5, 0.6) is 0 Å². The van der Waals surface area contributed by atoms with E-state index < -0.39 is 0 Å². The highest BCUT2D eigenvalue weighted by atomic mass is 16.5. The maximum absolute atomic E-state index is 12.5. The fourth-order valence-corrected chi connectivity index (χ4v) is 2.95. The van der Waals surface area contributed by atoms with Gasteiger partial charge in [0.1, 0.15) is 0 Å². The number of nitrogens with zero attached hydrogens (tertiary/aromatic N) is 2. The molecule has 1 aliphatic heterocycles. The zero-order valence-electron chi connectivity index (χ0n) is 13.8. The SMILES string of the molecule is CCCN(CC(=O)OCC)CC(=O)N1CCCCC1CC. The van der Waals surface area contributed by atoms with Crippen LogP contribution >= 0.6 is 0 Å². The van der Waals surface area contributed by atoms with Gasteiger partial charge in [-0.15, -0.1) is 0 Å². The lowest BCUT2D eigenvalue weighted by molar-refractivity contribution is -0.145. The fraction of sp³-hybridized carbons (Fsp3) is 0.875. The molecule has 0 spiro atoms. The Morgan fingerprint density at radius 1 is 1.19 bits per heavy atom. The summed E-state index contributed by atoms with van der Waals surface area (Å²) in [6.07, 6.45) is 5.34. The molecule has 5 heteroatoms. The minimum atomic E-state index is -0.246. The standard InChI is InChI=1S/C16H30N2O3/c1-4-10-17(13-16(20)21-6-3)12-15(19)18-11-8-7-9-14(18)5-2/h14H,4-13H2,1-3H3. The molecule has 1 heterocycles. The van der Waals surface area contributed by atoms with Crippen molar-refractivity contribution in [3.8, 4) is 0 Å². The minimum Gasteiger partial charge on any atom is -0.465 e. The predicted octanol–water partition coefficient (Wildman–Crippen LogP) is 2.05. The highest BCUT2D eigenvalue weighted by Gasteiger charge is 2.26. The van der Waals surface area contributed by atoms with Crippen molar-refractivity contribution in [1.29, 1.82) is 0 Å². The van der Waals surface area contributed by atoms with Crippen LogP contribution in [-0.2, 0) is 14.3 Å². The van der Waals surface area contributed by atoms with E-state index >= 15 is 0 Å². The molecule has 1 unspecified atom stereocenters. The lowest BCUT2D eigenvalue weighted by Gasteiger charge is -2.36. The summed E-state index contributed by atoms with van der Waals surface area (Å²) in [4.78, 5) is 28.1. The van der Waals surface area contributed by atoms with E-state index in [9.17, 15) is 9.59 Å². The van der Waals surface area contributed by atoms with Crippen molar-refractivity contribution in [1.82, 2.24) is 9.80 Å². The van der Waals surface area contributed by atoms with E-state index in [0.29, 0.717) is 19.2 Å². The Morgan fingerprint density at radius 2 is 1.95 bits per heavy atom. The molecule has 0 aliphatic carbocycles. The number of carbonyl (C=O) groups excluding carboxylic acids is 2. The largest absolute Gasteiger partial charge is 0.465 e. The number of amides is 1. The van der Waals surface area contributed by atoms with Crippen LogP contribution in [0.2, 0.25) is 0 Å². The number of ether oxygens (including phenoxy) is 1. The van der Waals surface area contributed by atoms with Crippen molar-refractivity contribution in [3.05, 3.63) is 0 Å². The first-order chi connectivity index (χ1) is 10.1. The minimum absolute atomic E-state index is 0.152. The summed E-state index contributed by atoms with van der Waals surface area (Å²) in [7, 11) is 0. The van der Waals surface area contributed by atoms with Crippen molar-refractivity contribution in [3.63, 3.8) is 0 Å². The van der Waals surface area contributed by atoms with Gasteiger partial charge in [0.05, 0.1) is 19.7 Å². The van der Waals surface area contributed by atoms with E-state index in [0.717, 1.165) is 38.8 Å². The lowest BCUT2D eigenvalue weighted by Crippen LogP contribution is -2.48. The van der Waals surface area contributed by atoms with Crippen LogP contribution in [0.15, 0.2) is 0 Å². The molecule has 5 nitrogen and oxygen atoms in total. The van der Waals surface area contributed by atoms with E-state index in [1.54, 1.807) is 6.92 Å². The quantitative estimate of drug-likeness (QED) is 0.644. The number of carbonyl (C=O) groups is 2. The van der Waals surface area contributed by atoms with Crippen LogP contribution in [0.3, 0.4) is 0 Å². The summed E-state index contributed by atoms with van der Waals surface area (Å²) in [5.41, 5.74) is 0. The Kier molecular flexibility index (Phi) is 8.35. The molecule has 1 aliphatic rings. The summed E-state index contributed by atoms with van der Waals surface area (Å²) in [5.74, 6) is -0.0938. The molecule has 1 atom stereocenters. The van der Waals surface area contributed by atoms with Gasteiger partial charge in [0.25, 0.3) is 0 Å². The number of piperidine rings is 1. The second-order valence-electron chi connectivity index (χ2n) is 5.66. The van der Waals surface area contributed by atoms with Gasteiger partial charge in [-0.2, -0.15) is 0 Å². The molecule has 1 rings (SSSR count). The molecule has 0 saturated carbocycles. The molecule has 0 aromatic heterocycles. The first kappa shape index (κ1) is 18.0. The average molecular weight is 298 g/mol. The van der Waals surface area contributed by atoms with Gasteiger partial charge in [-0.05, 0) is 45.6 Å². The molecule has 1 fully saturated rings. The zero-order valence-corrected chi connectivity index (χ0v) is 13.8. The van der Waals surface area contributed by atoms with Crippen molar-refractivity contribution >= 4 is 11.9 Å². The third-order valence-corrected chi connectivity index (χ3v) is 3.98. The van der Waals surface area contributed by atoms with Gasteiger partial charge in [-0.1, -0.05) is 13.8 Å². The Bertz CT molecular complexity index is 333. The molecule has 1 saturated heterocycles. The molecule has 0 N–H and O–H groups in total. The summed E-state index contributed by atoms with van der Waals surface area (Å²) in [6, 6.07) is 0.373. The number of hydrogen-bond acceptors (Lipinski definition) is 4. The van der Waals surface area contributed by atoms with Crippen LogP contribution in [0.4, 0.5) is 0 Å². The maximum Gasteiger partial charge on any atom is 0.320 e. The van der Waals surface area contributed by atoms with E-state index in [1.165, 1.54) is 6.42 Å². The van der Waals surface area contributed by atoms with Crippen molar-refractivity contribution in [2.24, 2.45) is 0 Å². The lowest BCUT2D eigenvalue weighted by atomic mass is 10.00. The van der Waals surface area contributed by atoms with Gasteiger partial charge in [0.2, 0.25) is 5.91 Å². The summed E-state index contributed by atoms with van der Waals surface area (Å²) in [6.45, 7) is 8.51. The Balaban J connectivity index is 2.55. The number of likely N-dealkylation sites (tertiary alicyclic amines) is 1. The highest BCUT2D eigenvalue weighted by molar-refractivity contribution is 5.80. The van der Waals surface area contributed by atoms with Crippen molar-refractivity contribution in [2.75, 3.05) is 32.8 Å². The van der Waals surface area contributed by atoms with Gasteiger partial charge in [0, 0.05) is 12.6 Å². The monoisotopic (exact) mass is 298 g/mol. The van der Waals surface area contributed by atoms with Crippen LogP contribution in [-0.4, -0.2) is 60.5 Å². The molecule has 21 heavy (non-hydrogen) atoms. The van der Waals surface area contributed by atoms with Gasteiger partial charge in [-0.3, -0.25) is 14.5 Å². The van der Waals surface area contributed by atoms with Crippen LogP contribution < -0.4 is 0 Å². The molecule has 1 amide bonds. The van der Waals surface area contributed by atoms with Crippen LogP contribution in [0, 0.1) is 0 Å². The Labute approximate surface area is 128 Å². The van der Waals surface area contributed by atoms with Gasteiger partial charge in [0.15, 0.2) is 0 Å². The highest BCUT2D eigenvalue weighted by Crippen LogP contribution is 2.19. The molecule has 0 bridgehead atoms. The first-order valence-corrected chi connectivity index (χ1v) is 8.29. The Hall–Kier alpha value is -1.10. The molecular weight excluding hydrogens is 268 g/mol.